The van der Waals surface area contributed by atoms with Crippen molar-refractivity contribution in [2.75, 3.05) is 23.4 Å². The summed E-state index contributed by atoms with van der Waals surface area (Å²) in [5, 5.41) is 14.5. The monoisotopic (exact) mass is 367 g/mol. The maximum absolute atomic E-state index is 12.7. The molecule has 2 rings (SSSR count). The molecule has 1 aromatic carbocycles. The van der Waals surface area contributed by atoms with Gasteiger partial charge in [0.1, 0.15) is 17.5 Å². The SMILES string of the molecule is CSc1ncc(C#N)c(NCC(=O)Nc2cccc(C(F)(F)F)c2)n1. The lowest BCUT2D eigenvalue weighted by Gasteiger charge is -2.11. The summed E-state index contributed by atoms with van der Waals surface area (Å²) in [4.78, 5) is 19.9. The molecule has 2 aromatic rings. The first-order chi connectivity index (χ1) is 11.8. The number of amides is 1. The van der Waals surface area contributed by atoms with E-state index in [-0.39, 0.29) is 23.6 Å². The molecule has 1 heterocycles. The van der Waals surface area contributed by atoms with E-state index >= 15 is 0 Å². The van der Waals surface area contributed by atoms with Gasteiger partial charge in [-0.2, -0.15) is 18.4 Å². The van der Waals surface area contributed by atoms with Crippen molar-refractivity contribution in [2.45, 2.75) is 11.3 Å². The number of nitriles is 1. The highest BCUT2D eigenvalue weighted by Crippen LogP contribution is 2.30. The number of nitrogens with zero attached hydrogens (tertiary/aromatic N) is 3. The summed E-state index contributed by atoms with van der Waals surface area (Å²) in [5.41, 5.74) is -0.676. The van der Waals surface area contributed by atoms with Gasteiger partial charge in [0.05, 0.1) is 18.3 Å². The molecule has 0 fully saturated rings. The summed E-state index contributed by atoms with van der Waals surface area (Å²) in [6, 6.07) is 6.20. The van der Waals surface area contributed by atoms with Gasteiger partial charge in [-0.05, 0) is 24.5 Å². The van der Waals surface area contributed by atoms with Gasteiger partial charge in [0.15, 0.2) is 5.16 Å². The van der Waals surface area contributed by atoms with Gasteiger partial charge in [0, 0.05) is 5.69 Å². The molecule has 0 atom stereocenters. The van der Waals surface area contributed by atoms with Crippen LogP contribution in [0.1, 0.15) is 11.1 Å². The van der Waals surface area contributed by atoms with E-state index in [2.05, 4.69) is 20.6 Å². The Morgan fingerprint density at radius 2 is 2.16 bits per heavy atom. The van der Waals surface area contributed by atoms with Crippen LogP contribution in [-0.4, -0.2) is 28.7 Å². The Balaban J connectivity index is 2.04. The van der Waals surface area contributed by atoms with Gasteiger partial charge in [0.25, 0.3) is 0 Å². The van der Waals surface area contributed by atoms with E-state index in [0.29, 0.717) is 5.16 Å². The van der Waals surface area contributed by atoms with E-state index in [1.807, 2.05) is 6.07 Å². The molecule has 1 aromatic heterocycles. The zero-order valence-electron chi connectivity index (χ0n) is 12.9. The number of carbonyl (C=O) groups excluding carboxylic acids is 1. The summed E-state index contributed by atoms with van der Waals surface area (Å²) >= 11 is 1.26. The van der Waals surface area contributed by atoms with E-state index in [1.54, 1.807) is 6.26 Å². The molecule has 6 nitrogen and oxygen atoms in total. The van der Waals surface area contributed by atoms with Crippen LogP contribution in [0, 0.1) is 11.3 Å². The largest absolute Gasteiger partial charge is 0.416 e. The van der Waals surface area contributed by atoms with Crippen LogP contribution >= 0.6 is 11.8 Å². The summed E-state index contributed by atoms with van der Waals surface area (Å²) in [6.45, 7) is -0.268. The third kappa shape index (κ3) is 5.09. The first-order valence-corrected chi connectivity index (χ1v) is 8.08. The minimum atomic E-state index is -4.49. The minimum absolute atomic E-state index is 0.0228. The molecule has 0 spiro atoms. The predicted molar refractivity (Wildman–Crippen MR) is 87.1 cm³/mol. The first kappa shape index (κ1) is 18.5. The number of hydrogen-bond donors (Lipinski definition) is 2. The zero-order chi connectivity index (χ0) is 18.4. The molecule has 0 aliphatic rings. The fourth-order valence-corrected chi connectivity index (χ4v) is 2.16. The summed E-state index contributed by atoms with van der Waals surface area (Å²) in [6.07, 6.45) is -1.41. The van der Waals surface area contributed by atoms with Crippen molar-refractivity contribution in [3.05, 3.63) is 41.6 Å². The number of rotatable bonds is 5. The Bertz CT molecular complexity index is 820. The highest BCUT2D eigenvalue weighted by atomic mass is 32.2. The van der Waals surface area contributed by atoms with Crippen molar-refractivity contribution in [1.82, 2.24) is 9.97 Å². The lowest BCUT2D eigenvalue weighted by molar-refractivity contribution is -0.137. The first-order valence-electron chi connectivity index (χ1n) is 6.85. The topological polar surface area (TPSA) is 90.7 Å². The fraction of sp³-hybridized carbons (Fsp3) is 0.200. The lowest BCUT2D eigenvalue weighted by atomic mass is 10.2. The maximum Gasteiger partial charge on any atom is 0.416 e. The molecule has 1 amide bonds. The van der Waals surface area contributed by atoms with Crippen molar-refractivity contribution in [3.8, 4) is 6.07 Å². The third-order valence-electron chi connectivity index (χ3n) is 2.96. The van der Waals surface area contributed by atoms with Gasteiger partial charge in [-0.25, -0.2) is 9.97 Å². The number of nitrogens with one attached hydrogen (secondary N) is 2. The normalized spacial score (nSPS) is 10.8. The smallest absolute Gasteiger partial charge is 0.360 e. The molecule has 0 unspecified atom stereocenters. The van der Waals surface area contributed by atoms with E-state index in [4.69, 9.17) is 5.26 Å². The zero-order valence-corrected chi connectivity index (χ0v) is 13.7. The Morgan fingerprint density at radius 3 is 2.80 bits per heavy atom. The number of halogens is 3. The van der Waals surface area contributed by atoms with Crippen molar-refractivity contribution in [1.29, 1.82) is 5.26 Å². The lowest BCUT2D eigenvalue weighted by Crippen LogP contribution is -2.23. The van der Waals surface area contributed by atoms with Crippen LogP contribution < -0.4 is 10.6 Å². The predicted octanol–water partition coefficient (Wildman–Crippen LogP) is 3.14. The van der Waals surface area contributed by atoms with Crippen LogP contribution in [0.3, 0.4) is 0 Å². The van der Waals surface area contributed by atoms with E-state index in [9.17, 15) is 18.0 Å². The van der Waals surface area contributed by atoms with Crippen LogP contribution in [-0.2, 0) is 11.0 Å². The molecule has 0 aliphatic heterocycles. The second-order valence-electron chi connectivity index (χ2n) is 4.71. The molecule has 2 N–H and O–H groups in total. The Hall–Kier alpha value is -2.80. The number of benzene rings is 1. The van der Waals surface area contributed by atoms with Gasteiger partial charge < -0.3 is 10.6 Å². The van der Waals surface area contributed by atoms with Crippen LogP contribution in [0.25, 0.3) is 0 Å². The van der Waals surface area contributed by atoms with Gasteiger partial charge in [0.2, 0.25) is 5.91 Å². The summed E-state index contributed by atoms with van der Waals surface area (Å²) < 4.78 is 38.0. The second kappa shape index (κ2) is 7.85. The molecule has 0 saturated carbocycles. The quantitative estimate of drug-likeness (QED) is 0.623. The molecular weight excluding hydrogens is 355 g/mol. The maximum atomic E-state index is 12.7. The van der Waals surface area contributed by atoms with Gasteiger partial charge >= 0.3 is 6.18 Å². The number of aromatic nitrogens is 2. The molecule has 10 heteroatoms. The van der Waals surface area contributed by atoms with Crippen LogP contribution in [0.2, 0.25) is 0 Å². The molecule has 0 radical (unpaired) electrons. The van der Waals surface area contributed by atoms with E-state index < -0.39 is 17.6 Å². The minimum Gasteiger partial charge on any atom is -0.360 e. The average molecular weight is 367 g/mol. The molecule has 0 saturated heterocycles. The van der Waals surface area contributed by atoms with Crippen molar-refractivity contribution >= 4 is 29.2 Å². The number of alkyl halides is 3. The highest BCUT2D eigenvalue weighted by molar-refractivity contribution is 7.98. The fourth-order valence-electron chi connectivity index (χ4n) is 1.82. The number of carbonyl (C=O) groups is 1. The summed E-state index contributed by atoms with van der Waals surface area (Å²) in [7, 11) is 0. The molecule has 0 bridgehead atoms. The van der Waals surface area contributed by atoms with Crippen molar-refractivity contribution in [3.63, 3.8) is 0 Å². The molecule has 25 heavy (non-hydrogen) atoms. The molecule has 0 aliphatic carbocycles. The van der Waals surface area contributed by atoms with Crippen LogP contribution in [0.15, 0.2) is 35.6 Å². The van der Waals surface area contributed by atoms with Crippen molar-refractivity contribution in [2.24, 2.45) is 0 Å². The average Bonchev–Trinajstić information content (AvgIpc) is 2.59. The molecular formula is C15H12F3N5OS. The Morgan fingerprint density at radius 1 is 1.40 bits per heavy atom. The standard InChI is InChI=1S/C15H12F3N5OS/c1-25-14-21-7-9(6-19)13(23-14)20-8-12(24)22-11-4-2-3-10(5-11)15(16,17)18/h2-5,7H,8H2,1H3,(H,22,24)(H,20,21,23). The highest BCUT2D eigenvalue weighted by Gasteiger charge is 2.30. The van der Waals surface area contributed by atoms with Crippen LogP contribution in [0.5, 0.6) is 0 Å². The Kier molecular flexibility index (Phi) is 5.82. The van der Waals surface area contributed by atoms with E-state index in [0.717, 1.165) is 12.1 Å². The second-order valence-corrected chi connectivity index (χ2v) is 5.48. The number of thioether (sulfide) groups is 1. The Labute approximate surface area is 145 Å². The van der Waals surface area contributed by atoms with Crippen LogP contribution in [0.4, 0.5) is 24.7 Å². The summed E-state index contributed by atoms with van der Waals surface area (Å²) in [5.74, 6) is -0.395. The number of anilines is 2. The third-order valence-corrected chi connectivity index (χ3v) is 3.52. The van der Waals surface area contributed by atoms with Gasteiger partial charge in [-0.3, -0.25) is 4.79 Å². The van der Waals surface area contributed by atoms with Gasteiger partial charge in [-0.15, -0.1) is 0 Å². The van der Waals surface area contributed by atoms with Crippen molar-refractivity contribution < 1.29 is 18.0 Å². The molecule has 130 valence electrons. The van der Waals surface area contributed by atoms with E-state index in [1.165, 1.54) is 30.1 Å². The van der Waals surface area contributed by atoms with Gasteiger partial charge in [-0.1, -0.05) is 17.8 Å². The number of hydrogen-bond acceptors (Lipinski definition) is 6.